The topological polar surface area (TPSA) is 118 Å². The number of carboxylic acid groups (broad SMARTS) is 1. The molecule has 8 nitrogen and oxygen atoms in total. The number of phenols is 1. The van der Waals surface area contributed by atoms with Gasteiger partial charge in [0.2, 0.25) is 5.91 Å². The fourth-order valence-corrected chi connectivity index (χ4v) is 3.00. The van der Waals surface area contributed by atoms with Crippen LogP contribution in [-0.4, -0.2) is 83.2 Å². The minimum absolute atomic E-state index is 0. The van der Waals surface area contributed by atoms with Crippen molar-refractivity contribution in [3.63, 3.8) is 0 Å². The number of anilines is 1. The number of carbonyl (C=O) groups excluding carboxylic acids is 1. The number of nitrogens with zero attached hydrogens (tertiary/aromatic N) is 2. The Labute approximate surface area is 218 Å². The number of nitrogens with one attached hydrogen (secondary N) is 1. The minimum atomic E-state index is -1.15. The maximum absolute atomic E-state index is 14.0. The summed E-state index contributed by atoms with van der Waals surface area (Å²) < 4.78 is 20.8. The van der Waals surface area contributed by atoms with Crippen molar-refractivity contribution in [2.75, 3.05) is 5.32 Å². The van der Waals surface area contributed by atoms with Crippen LogP contribution in [0.4, 0.5) is 10.1 Å². The van der Waals surface area contributed by atoms with Crippen molar-refractivity contribution in [3.05, 3.63) is 52.8 Å². The standard InChI is InChI=1S/C19H17ClFN3O5.K/c1-2-24-8-12(19(27)28)14(9-24)22-16(26)6-5-15-17(20)18(23-29-15)11-4-3-10(25)7-13(11)21;/h3-4,7-9,25H,2,5-6H2,1H3,(H,22,26)(H,27,28);. The molecule has 0 atom stereocenters. The molecule has 0 bridgehead atoms. The zero-order valence-electron chi connectivity index (χ0n) is 16.3. The maximum Gasteiger partial charge on any atom is 0.339 e. The van der Waals surface area contributed by atoms with Gasteiger partial charge in [0.1, 0.15) is 27.8 Å². The molecule has 153 valence electrons. The summed E-state index contributed by atoms with van der Waals surface area (Å²) >= 11 is 6.21. The summed E-state index contributed by atoms with van der Waals surface area (Å²) in [7, 11) is 0. The first kappa shape index (κ1) is 24.6. The quantitative estimate of drug-likeness (QED) is 0.464. The molecular formula is C19H17ClFKN3O5. The molecule has 0 saturated heterocycles. The summed E-state index contributed by atoms with van der Waals surface area (Å²) in [6.45, 7) is 2.40. The Bertz CT molecular complexity index is 1080. The Morgan fingerprint density at radius 3 is 2.70 bits per heavy atom. The van der Waals surface area contributed by atoms with Gasteiger partial charge in [-0.25, -0.2) is 9.18 Å². The van der Waals surface area contributed by atoms with E-state index in [-0.39, 0.29) is 103 Å². The summed E-state index contributed by atoms with van der Waals surface area (Å²) in [5.41, 5.74) is 0.301. The van der Waals surface area contributed by atoms with Crippen LogP contribution in [0.2, 0.25) is 5.02 Å². The van der Waals surface area contributed by atoms with Crippen LogP contribution in [-0.2, 0) is 17.8 Å². The second kappa shape index (κ2) is 10.6. The zero-order chi connectivity index (χ0) is 21.1. The number of phenolic OH excluding ortho intramolecular Hbond substituents is 1. The number of carboxylic acids is 1. The van der Waals surface area contributed by atoms with Gasteiger partial charge < -0.3 is 24.6 Å². The van der Waals surface area contributed by atoms with Crippen molar-refractivity contribution in [1.29, 1.82) is 0 Å². The summed E-state index contributed by atoms with van der Waals surface area (Å²) in [6.07, 6.45) is 3.00. The molecule has 3 rings (SSSR count). The van der Waals surface area contributed by atoms with E-state index in [1.165, 1.54) is 24.5 Å². The third kappa shape index (κ3) is 5.51. The summed E-state index contributed by atoms with van der Waals surface area (Å²) in [6, 6.07) is 3.53. The van der Waals surface area contributed by atoms with Crippen molar-refractivity contribution in [2.45, 2.75) is 26.3 Å². The number of aromatic hydroxyl groups is 1. The second-order valence-electron chi connectivity index (χ2n) is 6.20. The Hall–Kier alpha value is -1.69. The molecule has 1 aromatic carbocycles. The third-order valence-electron chi connectivity index (χ3n) is 4.24. The number of benzene rings is 1. The van der Waals surface area contributed by atoms with Crippen molar-refractivity contribution in [3.8, 4) is 17.0 Å². The molecule has 0 saturated carbocycles. The Morgan fingerprint density at radius 2 is 2.07 bits per heavy atom. The van der Waals surface area contributed by atoms with Gasteiger partial charge in [-0.1, -0.05) is 16.8 Å². The molecule has 0 unspecified atom stereocenters. The van der Waals surface area contributed by atoms with Gasteiger partial charge in [-0.3, -0.25) is 4.79 Å². The molecule has 0 aliphatic heterocycles. The average molecular weight is 461 g/mol. The number of halogens is 2. The first-order valence-electron chi connectivity index (χ1n) is 8.66. The fraction of sp³-hybridized carbons (Fsp3) is 0.211. The molecule has 3 N–H and O–H groups in total. The van der Waals surface area contributed by atoms with Gasteiger partial charge in [-0.15, -0.1) is 0 Å². The number of carbonyl (C=O) groups is 2. The predicted octanol–water partition coefficient (Wildman–Crippen LogP) is 3.55. The van der Waals surface area contributed by atoms with E-state index in [0.29, 0.717) is 6.54 Å². The van der Waals surface area contributed by atoms with Crippen LogP contribution in [0.1, 0.15) is 29.5 Å². The van der Waals surface area contributed by atoms with E-state index >= 15 is 0 Å². The molecule has 3 aromatic rings. The number of rotatable bonds is 7. The fourth-order valence-electron chi connectivity index (χ4n) is 2.73. The van der Waals surface area contributed by atoms with Crippen LogP contribution in [0.3, 0.4) is 0 Å². The second-order valence-corrected chi connectivity index (χ2v) is 6.58. The van der Waals surface area contributed by atoms with E-state index in [0.717, 1.165) is 6.07 Å². The van der Waals surface area contributed by atoms with Crippen LogP contribution >= 0.6 is 11.6 Å². The van der Waals surface area contributed by atoms with E-state index in [9.17, 15) is 24.2 Å². The molecule has 2 heterocycles. The molecule has 0 aliphatic carbocycles. The summed E-state index contributed by atoms with van der Waals surface area (Å²) in [5.74, 6) is -2.35. The number of aromatic carboxylic acids is 1. The normalized spacial score (nSPS) is 10.5. The van der Waals surface area contributed by atoms with Crippen molar-refractivity contribution in [1.82, 2.24) is 9.72 Å². The first-order valence-corrected chi connectivity index (χ1v) is 9.03. The van der Waals surface area contributed by atoms with E-state index in [1.54, 1.807) is 4.57 Å². The zero-order valence-corrected chi connectivity index (χ0v) is 20.2. The van der Waals surface area contributed by atoms with Crippen LogP contribution < -0.4 is 5.32 Å². The molecule has 1 radical (unpaired) electrons. The molecule has 0 aliphatic rings. The van der Waals surface area contributed by atoms with Crippen molar-refractivity contribution >= 4 is 80.5 Å². The van der Waals surface area contributed by atoms with Crippen LogP contribution in [0.15, 0.2) is 35.1 Å². The Balaban J connectivity index is 0.00000320. The van der Waals surface area contributed by atoms with Gasteiger partial charge in [0.05, 0.1) is 5.69 Å². The van der Waals surface area contributed by atoms with Gasteiger partial charge in [0.25, 0.3) is 0 Å². The van der Waals surface area contributed by atoms with Gasteiger partial charge in [-0.05, 0) is 19.1 Å². The van der Waals surface area contributed by atoms with E-state index in [1.807, 2.05) is 6.92 Å². The van der Waals surface area contributed by atoms with E-state index < -0.39 is 17.7 Å². The predicted molar refractivity (Wildman–Crippen MR) is 108 cm³/mol. The van der Waals surface area contributed by atoms with Crippen LogP contribution in [0.25, 0.3) is 11.3 Å². The van der Waals surface area contributed by atoms with E-state index in [4.69, 9.17) is 16.1 Å². The van der Waals surface area contributed by atoms with E-state index in [2.05, 4.69) is 10.5 Å². The number of aryl methyl sites for hydroxylation is 2. The minimum Gasteiger partial charge on any atom is -0.508 e. The third-order valence-corrected chi connectivity index (χ3v) is 4.63. The smallest absolute Gasteiger partial charge is 0.339 e. The molecule has 11 heteroatoms. The summed E-state index contributed by atoms with van der Waals surface area (Å²) in [5, 5.41) is 24.9. The SMILES string of the molecule is CCn1cc(NC(=O)CCc2onc(-c3ccc(O)cc3F)c2Cl)c(C(=O)O)c1.[K]. The maximum atomic E-state index is 14.0. The largest absolute Gasteiger partial charge is 0.508 e. The van der Waals surface area contributed by atoms with Gasteiger partial charge in [0.15, 0.2) is 5.76 Å². The molecule has 0 spiro atoms. The average Bonchev–Trinajstić information content (AvgIpc) is 3.24. The molecule has 2 aromatic heterocycles. The number of aromatic nitrogens is 2. The van der Waals surface area contributed by atoms with Gasteiger partial charge >= 0.3 is 5.97 Å². The number of hydrogen-bond acceptors (Lipinski definition) is 5. The number of amides is 1. The Kier molecular flexibility index (Phi) is 8.65. The van der Waals surface area contributed by atoms with Crippen LogP contribution in [0.5, 0.6) is 5.75 Å². The Morgan fingerprint density at radius 1 is 1.33 bits per heavy atom. The monoisotopic (exact) mass is 460 g/mol. The van der Waals surface area contributed by atoms with Crippen LogP contribution in [0, 0.1) is 5.82 Å². The summed E-state index contributed by atoms with van der Waals surface area (Å²) in [4.78, 5) is 23.5. The van der Waals surface area contributed by atoms with Crippen molar-refractivity contribution < 1.29 is 28.7 Å². The molecular weight excluding hydrogens is 444 g/mol. The molecule has 1 amide bonds. The molecule has 30 heavy (non-hydrogen) atoms. The van der Waals surface area contributed by atoms with Gasteiger partial charge in [0, 0.05) is 94.8 Å². The first-order chi connectivity index (χ1) is 13.8. The van der Waals surface area contributed by atoms with Crippen molar-refractivity contribution in [2.24, 2.45) is 0 Å². The number of hydrogen-bond donors (Lipinski definition) is 3. The van der Waals surface area contributed by atoms with Gasteiger partial charge in [-0.2, -0.15) is 0 Å². The molecule has 0 fully saturated rings.